The summed E-state index contributed by atoms with van der Waals surface area (Å²) in [6.07, 6.45) is 0.354. The van der Waals surface area contributed by atoms with Gasteiger partial charge in [-0.25, -0.2) is 0 Å². The monoisotopic (exact) mass is 478 g/mol. The zero-order chi connectivity index (χ0) is 23.8. The number of hydrogen-bond acceptors (Lipinski definition) is 6. The lowest BCUT2D eigenvalue weighted by molar-refractivity contribution is -0.130. The highest BCUT2D eigenvalue weighted by molar-refractivity contribution is 7.94. The van der Waals surface area contributed by atoms with Crippen molar-refractivity contribution >= 4 is 23.6 Å². The van der Waals surface area contributed by atoms with E-state index in [1.54, 1.807) is 14.2 Å². The van der Waals surface area contributed by atoms with E-state index in [0.717, 1.165) is 35.8 Å². The average Bonchev–Trinajstić information content (AvgIpc) is 2.89. The van der Waals surface area contributed by atoms with Crippen LogP contribution in [0.15, 0.2) is 72.8 Å². The topological polar surface area (TPSA) is 51.2 Å². The van der Waals surface area contributed by atoms with Crippen LogP contribution >= 0.6 is 12.0 Å². The van der Waals surface area contributed by atoms with Gasteiger partial charge in [0.25, 0.3) is 0 Å². The van der Waals surface area contributed by atoms with Crippen molar-refractivity contribution in [2.75, 3.05) is 45.3 Å². The molecule has 0 radical (unpaired) electrons. The maximum Gasteiger partial charge on any atom is 0.227 e. The summed E-state index contributed by atoms with van der Waals surface area (Å²) >= 11 is 1.44. The molecule has 0 aromatic heterocycles. The van der Waals surface area contributed by atoms with E-state index in [4.69, 9.17) is 13.7 Å². The summed E-state index contributed by atoms with van der Waals surface area (Å²) in [4.78, 5) is 17.1. The van der Waals surface area contributed by atoms with E-state index in [0.29, 0.717) is 31.0 Å². The molecule has 1 amide bonds. The second-order valence-electron chi connectivity index (χ2n) is 8.06. The Balaban J connectivity index is 1.24. The highest BCUT2D eigenvalue weighted by Gasteiger charge is 2.22. The Labute approximate surface area is 205 Å². The molecule has 3 aromatic rings. The van der Waals surface area contributed by atoms with Crippen molar-refractivity contribution in [3.8, 4) is 17.2 Å². The lowest BCUT2D eigenvalue weighted by atomic mass is 10.1. The van der Waals surface area contributed by atoms with E-state index in [-0.39, 0.29) is 5.91 Å². The van der Waals surface area contributed by atoms with Crippen molar-refractivity contribution in [1.29, 1.82) is 0 Å². The number of carbonyl (C=O) groups is 1. The lowest BCUT2D eigenvalue weighted by Gasteiger charge is -2.36. The number of ether oxygens (including phenoxy) is 2. The predicted molar refractivity (Wildman–Crippen MR) is 137 cm³/mol. The minimum Gasteiger partial charge on any atom is -0.493 e. The standard InChI is InChI=1S/C27H30N2O4S/c1-31-25-13-8-22(18-26(25)32-2)19-27(30)29-16-14-28(15-17-29)23-9-11-24(12-10-23)33-34-20-21-6-4-3-5-7-21/h3-13,18H,14-17,19-20H2,1-2H3. The van der Waals surface area contributed by atoms with Crippen molar-refractivity contribution in [1.82, 2.24) is 4.90 Å². The van der Waals surface area contributed by atoms with Crippen molar-refractivity contribution in [3.63, 3.8) is 0 Å². The highest BCUT2D eigenvalue weighted by Crippen LogP contribution is 2.28. The summed E-state index contributed by atoms with van der Waals surface area (Å²) in [5.41, 5.74) is 3.31. The number of amides is 1. The minimum atomic E-state index is 0.131. The fourth-order valence-corrected chi connectivity index (χ4v) is 4.58. The van der Waals surface area contributed by atoms with Gasteiger partial charge in [-0.3, -0.25) is 4.79 Å². The first-order chi connectivity index (χ1) is 16.7. The number of benzene rings is 3. The molecule has 0 aliphatic carbocycles. The zero-order valence-corrected chi connectivity index (χ0v) is 20.4. The molecule has 0 bridgehead atoms. The average molecular weight is 479 g/mol. The van der Waals surface area contributed by atoms with E-state index in [1.807, 2.05) is 53.4 Å². The molecule has 0 unspecified atom stereocenters. The van der Waals surface area contributed by atoms with Crippen LogP contribution in [0.25, 0.3) is 0 Å². The van der Waals surface area contributed by atoms with E-state index in [1.165, 1.54) is 17.6 Å². The van der Waals surface area contributed by atoms with Crippen LogP contribution in [0.4, 0.5) is 5.69 Å². The van der Waals surface area contributed by atoms with E-state index in [9.17, 15) is 4.79 Å². The first-order valence-corrected chi connectivity index (χ1v) is 12.2. The van der Waals surface area contributed by atoms with Gasteiger partial charge in [0, 0.05) is 31.9 Å². The van der Waals surface area contributed by atoms with Crippen molar-refractivity contribution in [2.45, 2.75) is 12.2 Å². The lowest BCUT2D eigenvalue weighted by Crippen LogP contribution is -2.49. The number of carbonyl (C=O) groups excluding carboxylic acids is 1. The maximum absolute atomic E-state index is 12.8. The molecule has 1 saturated heterocycles. The van der Waals surface area contributed by atoms with Crippen LogP contribution in [0.5, 0.6) is 17.2 Å². The van der Waals surface area contributed by atoms with Gasteiger partial charge in [-0.2, -0.15) is 0 Å². The normalized spacial score (nSPS) is 13.5. The molecule has 3 aromatic carbocycles. The molecule has 0 spiro atoms. The first kappa shape index (κ1) is 23.8. The largest absolute Gasteiger partial charge is 0.493 e. The SMILES string of the molecule is COc1ccc(CC(=O)N2CCN(c3ccc(OSCc4ccccc4)cc3)CC2)cc1OC. The molecule has 1 aliphatic heterocycles. The van der Waals surface area contributed by atoms with Gasteiger partial charge in [0.15, 0.2) is 11.5 Å². The van der Waals surface area contributed by atoms with E-state index >= 15 is 0 Å². The summed E-state index contributed by atoms with van der Waals surface area (Å²) < 4.78 is 16.4. The molecule has 0 N–H and O–H groups in total. The zero-order valence-electron chi connectivity index (χ0n) is 19.6. The van der Waals surface area contributed by atoms with Crippen LogP contribution in [0.3, 0.4) is 0 Å². The van der Waals surface area contributed by atoms with Crippen LogP contribution < -0.4 is 18.6 Å². The van der Waals surface area contributed by atoms with Crippen molar-refractivity contribution in [3.05, 3.63) is 83.9 Å². The summed E-state index contributed by atoms with van der Waals surface area (Å²) in [5, 5.41) is 0. The number of piperazine rings is 1. The fourth-order valence-electron chi connectivity index (χ4n) is 3.94. The van der Waals surface area contributed by atoms with Crippen LogP contribution in [0.2, 0.25) is 0 Å². The molecule has 1 aliphatic rings. The molecule has 1 heterocycles. The molecule has 178 valence electrons. The maximum atomic E-state index is 12.8. The van der Waals surface area contributed by atoms with Gasteiger partial charge >= 0.3 is 0 Å². The molecule has 0 atom stereocenters. The van der Waals surface area contributed by atoms with Gasteiger partial charge in [-0.1, -0.05) is 36.4 Å². The van der Waals surface area contributed by atoms with E-state index in [2.05, 4.69) is 29.2 Å². The smallest absolute Gasteiger partial charge is 0.227 e. The third-order valence-electron chi connectivity index (χ3n) is 5.86. The van der Waals surface area contributed by atoms with Crippen molar-refractivity contribution < 1.29 is 18.5 Å². The van der Waals surface area contributed by atoms with Gasteiger partial charge in [-0.05, 0) is 47.5 Å². The molecule has 34 heavy (non-hydrogen) atoms. The van der Waals surface area contributed by atoms with Crippen LogP contribution in [0.1, 0.15) is 11.1 Å². The molecule has 6 nitrogen and oxygen atoms in total. The van der Waals surface area contributed by atoms with E-state index < -0.39 is 0 Å². The molecular formula is C27H30N2O4S. The first-order valence-electron chi connectivity index (χ1n) is 11.3. The Morgan fingerprint density at radius 1 is 0.824 bits per heavy atom. The fraction of sp³-hybridized carbons (Fsp3) is 0.296. The van der Waals surface area contributed by atoms with Crippen LogP contribution in [-0.4, -0.2) is 51.2 Å². The Kier molecular flexibility index (Phi) is 8.20. The molecule has 0 saturated carbocycles. The molecule has 4 rings (SSSR count). The third-order valence-corrected chi connectivity index (χ3v) is 6.62. The third kappa shape index (κ3) is 6.17. The number of nitrogens with zero attached hydrogens (tertiary/aromatic N) is 2. The van der Waals surface area contributed by atoms with Gasteiger partial charge in [-0.15, -0.1) is 0 Å². The molecule has 1 fully saturated rings. The molecular weight excluding hydrogens is 448 g/mol. The summed E-state index contributed by atoms with van der Waals surface area (Å²) in [6, 6.07) is 24.1. The summed E-state index contributed by atoms with van der Waals surface area (Å²) in [5.74, 6) is 3.09. The Hall–Kier alpha value is -3.32. The Morgan fingerprint density at radius 2 is 1.53 bits per heavy atom. The van der Waals surface area contributed by atoms with Gasteiger partial charge in [0.05, 0.1) is 38.4 Å². The second-order valence-corrected chi connectivity index (χ2v) is 8.75. The predicted octanol–water partition coefficient (Wildman–Crippen LogP) is 4.82. The van der Waals surface area contributed by atoms with Crippen LogP contribution in [0, 0.1) is 0 Å². The summed E-state index contributed by atoms with van der Waals surface area (Å²) in [7, 11) is 3.21. The highest BCUT2D eigenvalue weighted by atomic mass is 32.2. The van der Waals surface area contributed by atoms with Crippen LogP contribution in [-0.2, 0) is 17.0 Å². The quantitative estimate of drug-likeness (QED) is 0.411. The molecule has 7 heteroatoms. The van der Waals surface area contributed by atoms with Gasteiger partial charge < -0.3 is 23.5 Å². The number of anilines is 1. The van der Waals surface area contributed by atoms with Gasteiger partial charge in [0.2, 0.25) is 5.91 Å². The Bertz CT molecular complexity index is 1070. The number of methoxy groups -OCH3 is 2. The van der Waals surface area contributed by atoms with Gasteiger partial charge in [0.1, 0.15) is 5.75 Å². The number of rotatable bonds is 9. The minimum absolute atomic E-state index is 0.131. The van der Waals surface area contributed by atoms with Crippen molar-refractivity contribution in [2.24, 2.45) is 0 Å². The second kappa shape index (κ2) is 11.7. The number of hydrogen-bond donors (Lipinski definition) is 0. The Morgan fingerprint density at radius 3 is 2.21 bits per heavy atom. The summed E-state index contributed by atoms with van der Waals surface area (Å²) in [6.45, 7) is 3.02.